The maximum atomic E-state index is 11.6. The zero-order valence-corrected chi connectivity index (χ0v) is 6.81. The smallest absolute Gasteiger partial charge is 0.0906 e. The van der Waals surface area contributed by atoms with E-state index in [-0.39, 0.29) is 19.9 Å². The highest BCUT2D eigenvalue weighted by atomic mass is 19.1. The molecule has 0 saturated heterocycles. The number of aliphatic hydroxyl groups excluding tert-OH is 2. The summed E-state index contributed by atoms with van der Waals surface area (Å²) < 4.78 is 11.6. The Bertz CT molecular complexity index is 96.4. The van der Waals surface area contributed by atoms with E-state index in [1.54, 1.807) is 6.92 Å². The van der Waals surface area contributed by atoms with Crippen molar-refractivity contribution in [3.63, 3.8) is 0 Å². The van der Waals surface area contributed by atoms with Gasteiger partial charge in [0.15, 0.2) is 0 Å². The van der Waals surface area contributed by atoms with Crippen LogP contribution in [0.25, 0.3) is 0 Å². The predicted octanol–water partition coefficient (Wildman–Crippen LogP) is -0.321. The van der Waals surface area contributed by atoms with E-state index >= 15 is 0 Å². The lowest BCUT2D eigenvalue weighted by molar-refractivity contribution is 0.104. The summed E-state index contributed by atoms with van der Waals surface area (Å²) in [6.07, 6.45) is 0.412. The van der Waals surface area contributed by atoms with Crippen LogP contribution in [0, 0.1) is 0 Å². The van der Waals surface area contributed by atoms with Crippen LogP contribution in [0.1, 0.15) is 13.3 Å². The van der Waals surface area contributed by atoms with Crippen LogP contribution in [0.4, 0.5) is 4.39 Å². The summed E-state index contributed by atoms with van der Waals surface area (Å²) in [5.74, 6) is 0. The van der Waals surface area contributed by atoms with Crippen LogP contribution in [0.3, 0.4) is 0 Å². The molecule has 0 aliphatic heterocycles. The molecule has 0 fully saturated rings. The molecule has 0 saturated carbocycles. The van der Waals surface area contributed by atoms with Crippen LogP contribution >= 0.6 is 0 Å². The van der Waals surface area contributed by atoms with E-state index in [0.717, 1.165) is 0 Å². The molecule has 0 spiro atoms. The number of rotatable bonds is 6. The topological polar surface area (TPSA) is 52.5 Å². The largest absolute Gasteiger partial charge is 0.394 e. The Morgan fingerprint density at radius 3 is 2.27 bits per heavy atom. The van der Waals surface area contributed by atoms with Crippen molar-refractivity contribution < 1.29 is 14.6 Å². The highest BCUT2D eigenvalue weighted by Crippen LogP contribution is 1.99. The molecule has 11 heavy (non-hydrogen) atoms. The monoisotopic (exact) mass is 165 g/mol. The zero-order chi connectivity index (χ0) is 8.74. The lowest BCUT2D eigenvalue weighted by atomic mass is 10.1. The molecular weight excluding hydrogens is 149 g/mol. The molecule has 4 heteroatoms. The average Bonchev–Trinajstić information content (AvgIpc) is 2.05. The van der Waals surface area contributed by atoms with Crippen LogP contribution in [-0.2, 0) is 0 Å². The Balaban J connectivity index is 3.51. The Hall–Kier alpha value is -0.190. The molecule has 0 unspecified atom stereocenters. The van der Waals surface area contributed by atoms with Gasteiger partial charge in [0.25, 0.3) is 0 Å². The molecular formula is C7H16FNO2. The lowest BCUT2D eigenvalue weighted by Gasteiger charge is -2.25. The second-order valence-corrected chi connectivity index (χ2v) is 2.85. The van der Waals surface area contributed by atoms with E-state index in [0.29, 0.717) is 13.0 Å². The molecule has 0 aliphatic rings. The standard InChI is InChI=1S/C7H16FNO2/c1-7(5-10,6-11)9-4-2-3-8/h9-11H,2-6H2,1H3. The molecule has 3 nitrogen and oxygen atoms in total. The molecule has 0 aliphatic carbocycles. The molecule has 0 rings (SSSR count). The molecule has 0 amide bonds. The summed E-state index contributed by atoms with van der Waals surface area (Å²) in [5.41, 5.74) is -0.671. The number of aliphatic hydroxyl groups is 2. The van der Waals surface area contributed by atoms with Crippen molar-refractivity contribution in [2.24, 2.45) is 0 Å². The number of hydrogen-bond donors (Lipinski definition) is 3. The van der Waals surface area contributed by atoms with Gasteiger partial charge in [0.1, 0.15) is 0 Å². The minimum absolute atomic E-state index is 0.143. The van der Waals surface area contributed by atoms with Gasteiger partial charge in [-0.1, -0.05) is 0 Å². The fourth-order valence-electron chi connectivity index (χ4n) is 0.619. The molecule has 0 radical (unpaired) electrons. The summed E-state index contributed by atoms with van der Waals surface area (Å²) >= 11 is 0. The van der Waals surface area contributed by atoms with Crippen molar-refractivity contribution in [3.8, 4) is 0 Å². The molecule has 0 atom stereocenters. The Labute approximate surface area is 66.2 Å². The Kier molecular flexibility index (Phi) is 5.36. The second kappa shape index (κ2) is 5.46. The average molecular weight is 165 g/mol. The summed E-state index contributed by atoms with van der Waals surface area (Å²) in [5, 5.41) is 20.4. The Morgan fingerprint density at radius 1 is 1.36 bits per heavy atom. The van der Waals surface area contributed by atoms with Crippen LogP contribution in [0.15, 0.2) is 0 Å². The van der Waals surface area contributed by atoms with Crippen LogP contribution in [-0.4, -0.2) is 42.2 Å². The van der Waals surface area contributed by atoms with E-state index in [9.17, 15) is 4.39 Å². The van der Waals surface area contributed by atoms with Gasteiger partial charge < -0.3 is 15.5 Å². The maximum Gasteiger partial charge on any atom is 0.0906 e. The summed E-state index contributed by atoms with van der Waals surface area (Å²) in [6.45, 7) is 1.50. The van der Waals surface area contributed by atoms with Crippen molar-refractivity contribution >= 4 is 0 Å². The zero-order valence-electron chi connectivity index (χ0n) is 6.81. The highest BCUT2D eigenvalue weighted by molar-refractivity contribution is 4.80. The van der Waals surface area contributed by atoms with E-state index in [1.807, 2.05) is 0 Å². The molecule has 68 valence electrons. The summed E-state index contributed by atoms with van der Waals surface area (Å²) in [7, 11) is 0. The maximum absolute atomic E-state index is 11.6. The summed E-state index contributed by atoms with van der Waals surface area (Å²) in [4.78, 5) is 0. The third-order valence-corrected chi connectivity index (χ3v) is 1.56. The predicted molar refractivity (Wildman–Crippen MR) is 41.2 cm³/mol. The van der Waals surface area contributed by atoms with Crippen molar-refractivity contribution in [2.45, 2.75) is 18.9 Å². The van der Waals surface area contributed by atoms with Gasteiger partial charge in [-0.3, -0.25) is 4.39 Å². The van der Waals surface area contributed by atoms with Gasteiger partial charge in [-0.15, -0.1) is 0 Å². The first-order valence-electron chi connectivity index (χ1n) is 3.71. The minimum Gasteiger partial charge on any atom is -0.394 e. The van der Waals surface area contributed by atoms with Gasteiger partial charge in [0, 0.05) is 0 Å². The number of halogens is 1. The van der Waals surface area contributed by atoms with Crippen molar-refractivity contribution in [1.29, 1.82) is 0 Å². The van der Waals surface area contributed by atoms with Crippen molar-refractivity contribution in [2.75, 3.05) is 26.4 Å². The number of alkyl halides is 1. The normalized spacial score (nSPS) is 12.0. The van der Waals surface area contributed by atoms with Gasteiger partial charge in [-0.2, -0.15) is 0 Å². The third kappa shape index (κ3) is 4.29. The van der Waals surface area contributed by atoms with Crippen molar-refractivity contribution in [1.82, 2.24) is 5.32 Å². The van der Waals surface area contributed by atoms with Gasteiger partial charge in [0.2, 0.25) is 0 Å². The van der Waals surface area contributed by atoms with E-state index in [1.165, 1.54) is 0 Å². The molecule has 0 aromatic heterocycles. The van der Waals surface area contributed by atoms with Gasteiger partial charge in [-0.25, -0.2) is 0 Å². The van der Waals surface area contributed by atoms with E-state index in [4.69, 9.17) is 10.2 Å². The summed E-state index contributed by atoms with van der Waals surface area (Å²) in [6, 6.07) is 0. The van der Waals surface area contributed by atoms with E-state index < -0.39 is 5.54 Å². The quantitative estimate of drug-likeness (QED) is 0.473. The first kappa shape index (κ1) is 10.8. The first-order chi connectivity index (χ1) is 5.18. The van der Waals surface area contributed by atoms with Gasteiger partial charge >= 0.3 is 0 Å². The van der Waals surface area contributed by atoms with Gasteiger partial charge in [0.05, 0.1) is 25.4 Å². The van der Waals surface area contributed by atoms with Crippen LogP contribution in [0.2, 0.25) is 0 Å². The van der Waals surface area contributed by atoms with Crippen molar-refractivity contribution in [3.05, 3.63) is 0 Å². The fraction of sp³-hybridized carbons (Fsp3) is 1.00. The Morgan fingerprint density at radius 2 is 1.91 bits per heavy atom. The molecule has 0 bridgehead atoms. The molecule has 0 aromatic rings. The van der Waals surface area contributed by atoms with E-state index in [2.05, 4.69) is 5.32 Å². The van der Waals surface area contributed by atoms with Crippen LogP contribution in [0.5, 0.6) is 0 Å². The fourth-order valence-corrected chi connectivity index (χ4v) is 0.619. The number of hydrogen-bond acceptors (Lipinski definition) is 3. The molecule has 3 N–H and O–H groups in total. The second-order valence-electron chi connectivity index (χ2n) is 2.85. The third-order valence-electron chi connectivity index (χ3n) is 1.56. The van der Waals surface area contributed by atoms with Crippen LogP contribution < -0.4 is 5.32 Å². The minimum atomic E-state index is -0.671. The SMILES string of the molecule is CC(CO)(CO)NCCCF. The number of nitrogens with one attached hydrogen (secondary N) is 1. The van der Waals surface area contributed by atoms with Gasteiger partial charge in [-0.05, 0) is 19.9 Å². The molecule has 0 aromatic carbocycles. The molecule has 0 heterocycles. The lowest BCUT2D eigenvalue weighted by Crippen LogP contribution is -2.49. The first-order valence-corrected chi connectivity index (χ1v) is 3.71. The highest BCUT2D eigenvalue weighted by Gasteiger charge is 2.20.